The summed E-state index contributed by atoms with van der Waals surface area (Å²) in [5.74, 6) is 0.698. The van der Waals surface area contributed by atoms with E-state index in [2.05, 4.69) is 10.2 Å². The zero-order valence-electron chi connectivity index (χ0n) is 10.4. The zero-order chi connectivity index (χ0) is 12.7. The molecule has 3 saturated heterocycles. The predicted octanol–water partition coefficient (Wildman–Crippen LogP) is 2.53. The Morgan fingerprint density at radius 2 is 2.22 bits per heavy atom. The maximum Gasteiger partial charge on any atom is 0.261 e. The van der Waals surface area contributed by atoms with Crippen molar-refractivity contribution in [3.63, 3.8) is 0 Å². The number of carbonyl (C=O) groups is 1. The van der Waals surface area contributed by atoms with Crippen LogP contribution in [0.4, 0.5) is 0 Å². The molecular weight excluding hydrogens is 268 g/mol. The third kappa shape index (κ3) is 2.29. The number of hydrogen-bond donors (Lipinski definition) is 1. The van der Waals surface area contributed by atoms with Crippen LogP contribution >= 0.6 is 22.9 Å². The number of nitrogens with one attached hydrogen (secondary N) is 1. The summed E-state index contributed by atoms with van der Waals surface area (Å²) < 4.78 is 0.717. The molecule has 1 unspecified atom stereocenters. The van der Waals surface area contributed by atoms with E-state index in [1.807, 2.05) is 13.0 Å². The minimum absolute atomic E-state index is 0.0359. The molecule has 1 aromatic heterocycles. The van der Waals surface area contributed by atoms with Gasteiger partial charge in [0, 0.05) is 12.6 Å². The number of nitrogens with zero attached hydrogens (tertiary/aromatic N) is 1. The van der Waals surface area contributed by atoms with E-state index in [-0.39, 0.29) is 5.91 Å². The maximum atomic E-state index is 12.2. The van der Waals surface area contributed by atoms with Crippen molar-refractivity contribution in [3.05, 3.63) is 20.8 Å². The molecule has 1 N–H and O–H groups in total. The topological polar surface area (TPSA) is 32.3 Å². The van der Waals surface area contributed by atoms with Crippen LogP contribution in [0, 0.1) is 12.8 Å². The SMILES string of the molecule is Cc1cc(C(=O)NC2CN3CCC2CC3)sc1Cl. The molecule has 3 aliphatic heterocycles. The summed E-state index contributed by atoms with van der Waals surface area (Å²) in [5.41, 5.74) is 0.987. The molecule has 1 amide bonds. The Kier molecular flexibility index (Phi) is 3.34. The molecule has 4 rings (SSSR count). The molecule has 1 atom stereocenters. The maximum absolute atomic E-state index is 12.2. The van der Waals surface area contributed by atoms with Gasteiger partial charge in [-0.15, -0.1) is 11.3 Å². The van der Waals surface area contributed by atoms with E-state index in [0.717, 1.165) is 17.0 Å². The summed E-state index contributed by atoms with van der Waals surface area (Å²) in [7, 11) is 0. The largest absolute Gasteiger partial charge is 0.347 e. The van der Waals surface area contributed by atoms with Gasteiger partial charge >= 0.3 is 0 Å². The first-order chi connectivity index (χ1) is 8.63. The zero-order valence-corrected chi connectivity index (χ0v) is 12.0. The highest BCUT2D eigenvalue weighted by atomic mass is 35.5. The number of hydrogen-bond acceptors (Lipinski definition) is 3. The monoisotopic (exact) mass is 284 g/mol. The summed E-state index contributed by atoms with van der Waals surface area (Å²) in [5, 5.41) is 3.18. The summed E-state index contributed by atoms with van der Waals surface area (Å²) in [6.07, 6.45) is 2.43. The van der Waals surface area contributed by atoms with Gasteiger partial charge in [-0.2, -0.15) is 0 Å². The molecule has 0 spiro atoms. The highest BCUT2D eigenvalue weighted by molar-refractivity contribution is 7.18. The van der Waals surface area contributed by atoms with Crippen LogP contribution in [-0.4, -0.2) is 36.5 Å². The normalized spacial score (nSPS) is 30.4. The van der Waals surface area contributed by atoms with Gasteiger partial charge < -0.3 is 10.2 Å². The number of thiophene rings is 1. The van der Waals surface area contributed by atoms with Crippen LogP contribution in [-0.2, 0) is 0 Å². The summed E-state index contributed by atoms with van der Waals surface area (Å²) >= 11 is 7.38. The molecule has 3 fully saturated rings. The lowest BCUT2D eigenvalue weighted by Gasteiger charge is -2.44. The van der Waals surface area contributed by atoms with Crippen molar-refractivity contribution in [2.75, 3.05) is 19.6 Å². The van der Waals surface area contributed by atoms with Gasteiger partial charge in [0.15, 0.2) is 0 Å². The summed E-state index contributed by atoms with van der Waals surface area (Å²) in [6, 6.07) is 2.20. The molecular formula is C13H17ClN2OS. The van der Waals surface area contributed by atoms with Crippen LogP contribution in [0.15, 0.2) is 6.07 Å². The molecule has 0 saturated carbocycles. The van der Waals surface area contributed by atoms with Gasteiger partial charge in [-0.25, -0.2) is 0 Å². The Bertz CT molecular complexity index is 446. The van der Waals surface area contributed by atoms with Gasteiger partial charge in [0.1, 0.15) is 0 Å². The lowest BCUT2D eigenvalue weighted by molar-refractivity contribution is 0.0622. The highest BCUT2D eigenvalue weighted by Gasteiger charge is 2.35. The van der Waals surface area contributed by atoms with E-state index in [9.17, 15) is 4.79 Å². The summed E-state index contributed by atoms with van der Waals surface area (Å²) in [6.45, 7) is 5.33. The quantitative estimate of drug-likeness (QED) is 0.905. The lowest BCUT2D eigenvalue weighted by atomic mass is 9.84. The van der Waals surface area contributed by atoms with Gasteiger partial charge in [-0.1, -0.05) is 11.6 Å². The molecule has 98 valence electrons. The molecule has 2 bridgehead atoms. The standard InChI is InChI=1S/C13H17ClN2OS/c1-8-6-11(18-12(8)14)13(17)15-10-7-16-4-2-9(10)3-5-16/h6,9-10H,2-5,7H2,1H3,(H,15,17). The minimum Gasteiger partial charge on any atom is -0.347 e. The van der Waals surface area contributed by atoms with Crippen LogP contribution in [0.2, 0.25) is 4.34 Å². The van der Waals surface area contributed by atoms with Crippen LogP contribution in [0.25, 0.3) is 0 Å². The molecule has 3 aliphatic rings. The van der Waals surface area contributed by atoms with Crippen molar-refractivity contribution in [1.29, 1.82) is 0 Å². The van der Waals surface area contributed by atoms with Crippen molar-refractivity contribution in [1.82, 2.24) is 10.2 Å². The summed E-state index contributed by atoms with van der Waals surface area (Å²) in [4.78, 5) is 15.3. The van der Waals surface area contributed by atoms with E-state index in [1.165, 1.54) is 37.3 Å². The highest BCUT2D eigenvalue weighted by Crippen LogP contribution is 2.29. The Balaban J connectivity index is 1.67. The number of halogens is 1. The minimum atomic E-state index is 0.0359. The second-order valence-corrected chi connectivity index (χ2v) is 6.94. The smallest absolute Gasteiger partial charge is 0.261 e. The number of fused-ring (bicyclic) bond motifs is 3. The number of aryl methyl sites for hydroxylation is 1. The van der Waals surface area contributed by atoms with Gasteiger partial charge in [0.2, 0.25) is 0 Å². The molecule has 3 nitrogen and oxygen atoms in total. The average Bonchev–Trinajstić information content (AvgIpc) is 2.71. The van der Waals surface area contributed by atoms with Crippen LogP contribution in [0.1, 0.15) is 28.1 Å². The lowest BCUT2D eigenvalue weighted by Crippen LogP contribution is -2.57. The van der Waals surface area contributed by atoms with E-state index < -0.39 is 0 Å². The van der Waals surface area contributed by atoms with Crippen LogP contribution in [0.3, 0.4) is 0 Å². The van der Waals surface area contributed by atoms with Crippen molar-refractivity contribution in [2.45, 2.75) is 25.8 Å². The first kappa shape index (κ1) is 12.5. The second-order valence-electron chi connectivity index (χ2n) is 5.29. The number of rotatable bonds is 2. The van der Waals surface area contributed by atoms with Crippen LogP contribution in [0.5, 0.6) is 0 Å². The third-order valence-corrected chi connectivity index (χ3v) is 5.61. The molecule has 5 heteroatoms. The fraction of sp³-hybridized carbons (Fsp3) is 0.615. The van der Waals surface area contributed by atoms with Gasteiger partial charge in [-0.3, -0.25) is 4.79 Å². The fourth-order valence-electron chi connectivity index (χ4n) is 2.94. The van der Waals surface area contributed by atoms with Crippen molar-refractivity contribution in [2.24, 2.45) is 5.92 Å². The molecule has 1 aromatic rings. The average molecular weight is 285 g/mol. The Morgan fingerprint density at radius 3 is 2.72 bits per heavy atom. The van der Waals surface area contributed by atoms with E-state index in [4.69, 9.17) is 11.6 Å². The number of amides is 1. The first-order valence-corrected chi connectivity index (χ1v) is 7.62. The first-order valence-electron chi connectivity index (χ1n) is 6.42. The number of carbonyl (C=O) groups excluding carboxylic acids is 1. The van der Waals surface area contributed by atoms with Gasteiger partial charge in [0.25, 0.3) is 5.91 Å². The van der Waals surface area contributed by atoms with E-state index >= 15 is 0 Å². The predicted molar refractivity (Wildman–Crippen MR) is 74.5 cm³/mol. The second kappa shape index (κ2) is 4.83. The van der Waals surface area contributed by atoms with Crippen LogP contribution < -0.4 is 5.32 Å². The Morgan fingerprint density at radius 1 is 1.50 bits per heavy atom. The fourth-order valence-corrected chi connectivity index (χ4v) is 4.04. The van der Waals surface area contributed by atoms with Crippen molar-refractivity contribution >= 4 is 28.8 Å². The van der Waals surface area contributed by atoms with E-state index in [1.54, 1.807) is 0 Å². The van der Waals surface area contributed by atoms with Crippen molar-refractivity contribution < 1.29 is 4.79 Å². The number of piperidine rings is 3. The molecule has 0 aliphatic carbocycles. The molecule has 4 heterocycles. The Hall–Kier alpha value is -0.580. The molecule has 0 aromatic carbocycles. The van der Waals surface area contributed by atoms with Crippen molar-refractivity contribution in [3.8, 4) is 0 Å². The van der Waals surface area contributed by atoms with Gasteiger partial charge in [-0.05, 0) is 50.4 Å². The van der Waals surface area contributed by atoms with Gasteiger partial charge in [0.05, 0.1) is 9.21 Å². The molecule has 0 radical (unpaired) electrons. The third-order valence-electron chi connectivity index (χ3n) is 4.05. The van der Waals surface area contributed by atoms with E-state index in [0.29, 0.717) is 16.3 Å². The molecule has 18 heavy (non-hydrogen) atoms. The Labute approximate surface area is 116 Å².